The lowest BCUT2D eigenvalue weighted by Crippen LogP contribution is -2.07. The molecule has 0 saturated heterocycles. The minimum absolute atomic E-state index is 0.406. The number of carbonyl (C=O) groups is 1. The number of rotatable bonds is 3. The predicted molar refractivity (Wildman–Crippen MR) is 73.1 cm³/mol. The maximum atomic E-state index is 11.0. The maximum Gasteiger partial charge on any atom is 0.310 e. The first-order valence-electron chi connectivity index (χ1n) is 6.25. The van der Waals surface area contributed by atoms with Gasteiger partial charge in [0.15, 0.2) is 0 Å². The summed E-state index contributed by atoms with van der Waals surface area (Å²) in [5, 5.41) is 10.2. The second-order valence-corrected chi connectivity index (χ2v) is 5.15. The molecule has 1 aromatic carbocycles. The quantitative estimate of drug-likeness (QED) is 0.895. The third kappa shape index (κ3) is 2.01. The maximum absolute atomic E-state index is 11.0. The summed E-state index contributed by atoms with van der Waals surface area (Å²) in [7, 11) is 0. The van der Waals surface area contributed by atoms with Gasteiger partial charge in [-0.15, -0.1) is 0 Å². The van der Waals surface area contributed by atoms with Gasteiger partial charge in [-0.3, -0.25) is 4.79 Å². The van der Waals surface area contributed by atoms with Crippen molar-refractivity contribution in [2.75, 3.05) is 0 Å². The number of benzene rings is 1. The molecule has 0 radical (unpaired) electrons. The number of nitrogens with zero attached hydrogens (tertiary/aromatic N) is 1. The molecule has 0 saturated carbocycles. The van der Waals surface area contributed by atoms with E-state index in [-0.39, 0.29) is 0 Å². The lowest BCUT2D eigenvalue weighted by molar-refractivity contribution is -0.138. The topological polar surface area (TPSA) is 42.2 Å². The Bertz CT molecular complexity index is 596. The number of aliphatic carboxylic acids is 1. The summed E-state index contributed by atoms with van der Waals surface area (Å²) < 4.78 is 2.22. The normalized spacial score (nSPS) is 13.2. The van der Waals surface area contributed by atoms with Gasteiger partial charge in [0.05, 0.1) is 5.92 Å². The number of hydrogen-bond acceptors (Lipinski definition) is 1. The van der Waals surface area contributed by atoms with Crippen LogP contribution in [0.1, 0.15) is 43.9 Å². The molecule has 1 heterocycles. The fourth-order valence-corrected chi connectivity index (χ4v) is 2.28. The molecule has 0 spiro atoms. The van der Waals surface area contributed by atoms with Crippen LogP contribution in [-0.2, 0) is 4.79 Å². The molecule has 0 aliphatic carbocycles. The molecule has 1 unspecified atom stereocenters. The van der Waals surface area contributed by atoms with Crippen LogP contribution in [0.3, 0.4) is 0 Å². The van der Waals surface area contributed by atoms with Crippen LogP contribution in [0, 0.1) is 6.92 Å². The summed E-state index contributed by atoms with van der Waals surface area (Å²) in [5.74, 6) is -1.24. The highest BCUT2D eigenvalue weighted by atomic mass is 16.4. The average Bonchev–Trinajstić information content (AvgIpc) is 2.65. The van der Waals surface area contributed by atoms with Crippen molar-refractivity contribution in [1.82, 2.24) is 4.57 Å². The Morgan fingerprint density at radius 3 is 2.50 bits per heavy atom. The summed E-state index contributed by atoms with van der Waals surface area (Å²) in [6, 6.07) is 6.35. The fourth-order valence-electron chi connectivity index (χ4n) is 2.28. The number of aryl methyl sites for hydroxylation is 1. The van der Waals surface area contributed by atoms with Crippen LogP contribution < -0.4 is 0 Å². The summed E-state index contributed by atoms with van der Waals surface area (Å²) in [4.78, 5) is 11.0. The molecule has 1 atom stereocenters. The predicted octanol–water partition coefficient (Wildman–Crippen LogP) is 3.72. The summed E-state index contributed by atoms with van der Waals surface area (Å²) >= 11 is 0. The summed E-state index contributed by atoms with van der Waals surface area (Å²) in [5.41, 5.74) is 3.22. The molecule has 18 heavy (non-hydrogen) atoms. The zero-order valence-corrected chi connectivity index (χ0v) is 11.3. The Hall–Kier alpha value is -1.77. The zero-order chi connectivity index (χ0) is 13.4. The monoisotopic (exact) mass is 245 g/mol. The van der Waals surface area contributed by atoms with Crippen molar-refractivity contribution in [2.45, 2.75) is 39.7 Å². The molecule has 0 bridgehead atoms. The molecule has 0 fully saturated rings. The molecule has 2 aromatic rings. The lowest BCUT2D eigenvalue weighted by Gasteiger charge is -2.11. The Kier molecular flexibility index (Phi) is 3.16. The number of hydrogen-bond donors (Lipinski definition) is 1. The number of carboxylic acid groups (broad SMARTS) is 1. The van der Waals surface area contributed by atoms with Crippen molar-refractivity contribution in [2.24, 2.45) is 0 Å². The van der Waals surface area contributed by atoms with E-state index in [1.807, 2.05) is 18.2 Å². The van der Waals surface area contributed by atoms with Crippen molar-refractivity contribution in [3.05, 3.63) is 35.5 Å². The number of fused-ring (bicyclic) bond motifs is 1. The van der Waals surface area contributed by atoms with E-state index in [1.54, 1.807) is 6.92 Å². The first-order chi connectivity index (χ1) is 8.41. The van der Waals surface area contributed by atoms with Gasteiger partial charge in [-0.2, -0.15) is 0 Å². The van der Waals surface area contributed by atoms with Gasteiger partial charge in [-0.25, -0.2) is 0 Å². The average molecular weight is 245 g/mol. The van der Waals surface area contributed by atoms with Crippen LogP contribution >= 0.6 is 0 Å². The highest BCUT2D eigenvalue weighted by Crippen LogP contribution is 2.27. The van der Waals surface area contributed by atoms with Crippen LogP contribution in [0.25, 0.3) is 10.9 Å². The Morgan fingerprint density at radius 1 is 1.28 bits per heavy atom. The smallest absolute Gasteiger partial charge is 0.310 e. The van der Waals surface area contributed by atoms with E-state index in [9.17, 15) is 4.79 Å². The van der Waals surface area contributed by atoms with Crippen LogP contribution in [-0.4, -0.2) is 15.6 Å². The minimum Gasteiger partial charge on any atom is -0.481 e. The van der Waals surface area contributed by atoms with Gasteiger partial charge in [-0.05, 0) is 51.0 Å². The van der Waals surface area contributed by atoms with E-state index < -0.39 is 11.9 Å². The van der Waals surface area contributed by atoms with E-state index in [0.29, 0.717) is 6.04 Å². The summed E-state index contributed by atoms with van der Waals surface area (Å²) in [6.45, 7) is 8.08. The molecule has 0 aliphatic rings. The SMILES string of the molecule is Cc1cn(C(C)C)c2ccc(C(C)C(=O)O)cc12. The van der Waals surface area contributed by atoms with Gasteiger partial charge >= 0.3 is 5.97 Å². The van der Waals surface area contributed by atoms with Crippen LogP contribution in [0.5, 0.6) is 0 Å². The molecule has 0 aliphatic heterocycles. The van der Waals surface area contributed by atoms with Crippen molar-refractivity contribution in [3.8, 4) is 0 Å². The highest BCUT2D eigenvalue weighted by molar-refractivity contribution is 5.86. The summed E-state index contributed by atoms with van der Waals surface area (Å²) in [6.07, 6.45) is 2.13. The molecule has 0 amide bonds. The third-order valence-corrected chi connectivity index (χ3v) is 3.48. The molecule has 96 valence electrons. The molecule has 3 nitrogen and oxygen atoms in total. The van der Waals surface area contributed by atoms with Gasteiger partial charge in [-0.1, -0.05) is 6.07 Å². The van der Waals surface area contributed by atoms with Crippen LogP contribution in [0.15, 0.2) is 24.4 Å². The zero-order valence-electron chi connectivity index (χ0n) is 11.3. The standard InChI is InChI=1S/C15H19NO2/c1-9(2)16-8-10(3)13-7-12(5-6-14(13)16)11(4)15(17)18/h5-9,11H,1-4H3,(H,17,18). The van der Waals surface area contributed by atoms with E-state index >= 15 is 0 Å². The van der Waals surface area contributed by atoms with Gasteiger partial charge in [0.2, 0.25) is 0 Å². The largest absolute Gasteiger partial charge is 0.481 e. The number of aromatic nitrogens is 1. The van der Waals surface area contributed by atoms with Gasteiger partial charge < -0.3 is 9.67 Å². The van der Waals surface area contributed by atoms with Crippen molar-refractivity contribution in [3.63, 3.8) is 0 Å². The lowest BCUT2D eigenvalue weighted by atomic mass is 9.99. The second-order valence-electron chi connectivity index (χ2n) is 5.15. The Morgan fingerprint density at radius 2 is 1.94 bits per heavy atom. The molecular formula is C15H19NO2. The van der Waals surface area contributed by atoms with Gasteiger partial charge in [0.25, 0.3) is 0 Å². The Balaban J connectivity index is 2.59. The number of carboxylic acids is 1. The van der Waals surface area contributed by atoms with Crippen LogP contribution in [0.2, 0.25) is 0 Å². The fraction of sp³-hybridized carbons (Fsp3) is 0.400. The van der Waals surface area contributed by atoms with Gasteiger partial charge in [0, 0.05) is 23.1 Å². The van der Waals surface area contributed by atoms with Crippen LogP contribution in [0.4, 0.5) is 0 Å². The first kappa shape index (κ1) is 12.7. The first-order valence-corrected chi connectivity index (χ1v) is 6.25. The molecule has 1 N–H and O–H groups in total. The molecule has 2 rings (SSSR count). The van der Waals surface area contributed by atoms with Gasteiger partial charge in [0.1, 0.15) is 0 Å². The molecular weight excluding hydrogens is 226 g/mol. The molecule has 3 heteroatoms. The van der Waals surface area contributed by atoms with E-state index in [2.05, 4.69) is 31.5 Å². The molecule has 1 aromatic heterocycles. The van der Waals surface area contributed by atoms with Crippen molar-refractivity contribution < 1.29 is 9.90 Å². The van der Waals surface area contributed by atoms with E-state index in [1.165, 1.54) is 11.1 Å². The minimum atomic E-state index is -0.782. The van der Waals surface area contributed by atoms with E-state index in [4.69, 9.17) is 5.11 Å². The third-order valence-electron chi connectivity index (χ3n) is 3.48. The van der Waals surface area contributed by atoms with Crippen molar-refractivity contribution in [1.29, 1.82) is 0 Å². The second kappa shape index (κ2) is 4.48. The highest BCUT2D eigenvalue weighted by Gasteiger charge is 2.15. The van der Waals surface area contributed by atoms with E-state index in [0.717, 1.165) is 10.9 Å². The Labute approximate surface area is 107 Å². The van der Waals surface area contributed by atoms with Crippen molar-refractivity contribution >= 4 is 16.9 Å².